The third kappa shape index (κ3) is 4.77. The standard InChI is InChI=1S/C4H12N2S2/c1-3(7)2-4(8)6-5/h3-4,6-8H,2,5H2,1H3. The predicted molar refractivity (Wildman–Crippen MR) is 43.2 cm³/mol. The Hall–Kier alpha value is 0.620. The molecular formula is C4H12N2S2. The SMILES string of the molecule is CC(S)CC(S)NN. The van der Waals surface area contributed by atoms with Crippen LogP contribution in [0.25, 0.3) is 0 Å². The topological polar surface area (TPSA) is 38.0 Å². The lowest BCUT2D eigenvalue weighted by atomic mass is 10.3. The van der Waals surface area contributed by atoms with Crippen LogP contribution in [-0.2, 0) is 0 Å². The molecular weight excluding hydrogens is 140 g/mol. The van der Waals surface area contributed by atoms with Gasteiger partial charge >= 0.3 is 0 Å². The summed E-state index contributed by atoms with van der Waals surface area (Å²) in [5.74, 6) is 5.06. The molecule has 0 aromatic rings. The summed E-state index contributed by atoms with van der Waals surface area (Å²) in [5.41, 5.74) is 2.51. The summed E-state index contributed by atoms with van der Waals surface area (Å²) in [4.78, 5) is 0. The fourth-order valence-corrected chi connectivity index (χ4v) is 1.08. The first kappa shape index (κ1) is 8.62. The van der Waals surface area contributed by atoms with Crippen molar-refractivity contribution in [1.29, 1.82) is 0 Å². The van der Waals surface area contributed by atoms with Gasteiger partial charge in [-0.05, 0) is 6.42 Å². The fourth-order valence-electron chi connectivity index (χ4n) is 0.391. The van der Waals surface area contributed by atoms with Crippen molar-refractivity contribution in [2.24, 2.45) is 5.84 Å². The largest absolute Gasteiger partial charge is 0.270 e. The molecule has 8 heavy (non-hydrogen) atoms. The first-order valence-corrected chi connectivity index (χ1v) is 3.52. The number of hydrogen-bond acceptors (Lipinski definition) is 4. The van der Waals surface area contributed by atoms with Crippen LogP contribution in [0.3, 0.4) is 0 Å². The van der Waals surface area contributed by atoms with E-state index in [1.54, 1.807) is 0 Å². The number of nitrogens with two attached hydrogens (primary N) is 1. The Morgan fingerprint density at radius 3 is 2.25 bits per heavy atom. The number of hydrogen-bond donors (Lipinski definition) is 4. The molecule has 50 valence electrons. The highest BCUT2D eigenvalue weighted by Gasteiger charge is 2.01. The first-order valence-electron chi connectivity index (χ1n) is 2.49. The summed E-state index contributed by atoms with van der Waals surface area (Å²) in [7, 11) is 0. The van der Waals surface area contributed by atoms with E-state index in [9.17, 15) is 0 Å². The van der Waals surface area contributed by atoms with Crippen molar-refractivity contribution in [3.63, 3.8) is 0 Å². The molecule has 0 aliphatic rings. The Morgan fingerprint density at radius 2 is 2.12 bits per heavy atom. The number of hydrazine groups is 1. The van der Waals surface area contributed by atoms with E-state index in [4.69, 9.17) is 5.84 Å². The molecule has 0 bridgehead atoms. The van der Waals surface area contributed by atoms with Crippen molar-refractivity contribution in [3.05, 3.63) is 0 Å². The molecule has 0 heterocycles. The van der Waals surface area contributed by atoms with Crippen molar-refractivity contribution >= 4 is 25.3 Å². The van der Waals surface area contributed by atoms with Crippen LogP contribution in [0, 0.1) is 0 Å². The highest BCUT2D eigenvalue weighted by Crippen LogP contribution is 2.04. The lowest BCUT2D eigenvalue weighted by molar-refractivity contribution is 0.638. The van der Waals surface area contributed by atoms with Crippen LogP contribution in [0.2, 0.25) is 0 Å². The molecule has 0 radical (unpaired) electrons. The fraction of sp³-hybridized carbons (Fsp3) is 1.00. The summed E-state index contributed by atoms with van der Waals surface area (Å²) >= 11 is 8.23. The maximum Gasteiger partial charge on any atom is 0.0644 e. The van der Waals surface area contributed by atoms with Gasteiger partial charge in [0, 0.05) is 5.25 Å². The normalized spacial score (nSPS) is 18.0. The second-order valence-electron chi connectivity index (χ2n) is 1.77. The molecule has 4 heteroatoms. The van der Waals surface area contributed by atoms with Crippen LogP contribution in [0.1, 0.15) is 13.3 Å². The van der Waals surface area contributed by atoms with Crippen molar-refractivity contribution in [1.82, 2.24) is 5.43 Å². The molecule has 0 rings (SSSR count). The minimum absolute atomic E-state index is 0.0718. The molecule has 0 amide bonds. The van der Waals surface area contributed by atoms with Gasteiger partial charge in [0.1, 0.15) is 0 Å². The average Bonchev–Trinajstić information content (AvgIpc) is 1.65. The van der Waals surface area contributed by atoms with Crippen molar-refractivity contribution < 1.29 is 0 Å². The smallest absolute Gasteiger partial charge is 0.0644 e. The third-order valence-electron chi connectivity index (χ3n) is 0.757. The Labute approximate surface area is 61.0 Å². The lowest BCUT2D eigenvalue weighted by Crippen LogP contribution is -2.32. The molecule has 2 atom stereocenters. The second kappa shape index (κ2) is 4.49. The van der Waals surface area contributed by atoms with Gasteiger partial charge < -0.3 is 0 Å². The highest BCUT2D eigenvalue weighted by atomic mass is 32.1. The van der Waals surface area contributed by atoms with Crippen LogP contribution < -0.4 is 11.3 Å². The van der Waals surface area contributed by atoms with E-state index in [0.29, 0.717) is 5.25 Å². The Bertz CT molecular complexity index is 58.0. The van der Waals surface area contributed by atoms with E-state index in [1.165, 1.54) is 0 Å². The molecule has 0 aromatic heterocycles. The van der Waals surface area contributed by atoms with E-state index in [0.717, 1.165) is 6.42 Å². The van der Waals surface area contributed by atoms with E-state index in [1.807, 2.05) is 6.92 Å². The monoisotopic (exact) mass is 152 g/mol. The Morgan fingerprint density at radius 1 is 1.62 bits per heavy atom. The number of nitrogens with one attached hydrogen (secondary N) is 1. The third-order valence-corrected chi connectivity index (χ3v) is 1.33. The quantitative estimate of drug-likeness (QED) is 0.205. The van der Waals surface area contributed by atoms with Gasteiger partial charge in [-0.1, -0.05) is 6.92 Å². The molecule has 0 aromatic carbocycles. The highest BCUT2D eigenvalue weighted by molar-refractivity contribution is 7.81. The number of thiol groups is 2. The van der Waals surface area contributed by atoms with Crippen molar-refractivity contribution in [2.45, 2.75) is 24.0 Å². The van der Waals surface area contributed by atoms with Crippen LogP contribution in [-0.4, -0.2) is 10.6 Å². The van der Waals surface area contributed by atoms with Gasteiger partial charge in [0.25, 0.3) is 0 Å². The molecule has 0 aliphatic carbocycles. The molecule has 2 unspecified atom stereocenters. The molecule has 0 aliphatic heterocycles. The summed E-state index contributed by atoms with van der Waals surface area (Å²) in [6, 6.07) is 0. The van der Waals surface area contributed by atoms with Crippen LogP contribution in [0.15, 0.2) is 0 Å². The van der Waals surface area contributed by atoms with Gasteiger partial charge in [-0.15, -0.1) is 0 Å². The van der Waals surface area contributed by atoms with E-state index in [-0.39, 0.29) is 5.37 Å². The number of rotatable bonds is 3. The van der Waals surface area contributed by atoms with Crippen LogP contribution in [0.4, 0.5) is 0 Å². The zero-order valence-electron chi connectivity index (χ0n) is 4.83. The Kier molecular flexibility index (Phi) is 4.84. The van der Waals surface area contributed by atoms with Gasteiger partial charge in [0.2, 0.25) is 0 Å². The molecule has 0 saturated carbocycles. The Balaban J connectivity index is 3.10. The van der Waals surface area contributed by atoms with Crippen molar-refractivity contribution in [3.8, 4) is 0 Å². The molecule has 0 saturated heterocycles. The van der Waals surface area contributed by atoms with Crippen molar-refractivity contribution in [2.75, 3.05) is 0 Å². The van der Waals surface area contributed by atoms with Gasteiger partial charge in [-0.2, -0.15) is 25.3 Å². The van der Waals surface area contributed by atoms with Gasteiger partial charge in [0.05, 0.1) is 5.37 Å². The van der Waals surface area contributed by atoms with Gasteiger partial charge in [0.15, 0.2) is 0 Å². The minimum Gasteiger partial charge on any atom is -0.270 e. The van der Waals surface area contributed by atoms with E-state index < -0.39 is 0 Å². The maximum absolute atomic E-state index is 5.06. The summed E-state index contributed by atoms with van der Waals surface area (Å²) < 4.78 is 0. The van der Waals surface area contributed by atoms with E-state index in [2.05, 4.69) is 30.7 Å². The molecule has 3 N–H and O–H groups in total. The summed E-state index contributed by atoms with van der Waals surface area (Å²) in [6.07, 6.45) is 0.878. The summed E-state index contributed by atoms with van der Waals surface area (Å²) in [6.45, 7) is 2.00. The molecule has 0 fully saturated rings. The second-order valence-corrected chi connectivity index (χ2v) is 3.27. The van der Waals surface area contributed by atoms with Crippen LogP contribution in [0.5, 0.6) is 0 Å². The maximum atomic E-state index is 5.06. The van der Waals surface area contributed by atoms with E-state index >= 15 is 0 Å². The van der Waals surface area contributed by atoms with Gasteiger partial charge in [-0.25, -0.2) is 5.43 Å². The lowest BCUT2D eigenvalue weighted by Gasteiger charge is -2.09. The molecule has 0 spiro atoms. The molecule has 2 nitrogen and oxygen atoms in total. The predicted octanol–water partition coefficient (Wildman–Crippen LogP) is 0.414. The van der Waals surface area contributed by atoms with Crippen LogP contribution >= 0.6 is 25.3 Å². The zero-order chi connectivity index (χ0) is 6.57. The summed E-state index contributed by atoms with van der Waals surface area (Å²) in [5, 5.41) is 0.427. The first-order chi connectivity index (χ1) is 3.66. The average molecular weight is 152 g/mol. The minimum atomic E-state index is 0.0718. The van der Waals surface area contributed by atoms with Gasteiger partial charge in [-0.3, -0.25) is 5.84 Å². The zero-order valence-corrected chi connectivity index (χ0v) is 6.62.